The van der Waals surface area contributed by atoms with Crippen LogP contribution in [0.25, 0.3) is 0 Å². The summed E-state index contributed by atoms with van der Waals surface area (Å²) in [6.45, 7) is 2.34. The molecule has 19 heavy (non-hydrogen) atoms. The standard InChI is InChI=1S/C14H17N3O2/c1-10-9-12(18)3-4-13(10)14(19)15-7-5-11-6-8-17(2)16-11/h3-4,6,8-9,18H,5,7H2,1-2H3,(H,15,19). The Morgan fingerprint density at radius 3 is 2.84 bits per heavy atom. The van der Waals surface area contributed by atoms with Gasteiger partial charge in [0.2, 0.25) is 0 Å². The molecule has 0 aliphatic carbocycles. The molecule has 0 radical (unpaired) electrons. The number of phenols is 1. The van der Waals surface area contributed by atoms with Crippen molar-refractivity contribution in [1.82, 2.24) is 15.1 Å². The number of aromatic nitrogens is 2. The van der Waals surface area contributed by atoms with Gasteiger partial charge in [-0.05, 0) is 36.8 Å². The number of aryl methyl sites for hydroxylation is 2. The average Bonchev–Trinajstić information content (AvgIpc) is 2.75. The van der Waals surface area contributed by atoms with Crippen molar-refractivity contribution in [1.29, 1.82) is 0 Å². The summed E-state index contributed by atoms with van der Waals surface area (Å²) in [7, 11) is 1.86. The zero-order valence-corrected chi connectivity index (χ0v) is 11.1. The van der Waals surface area contributed by atoms with E-state index >= 15 is 0 Å². The van der Waals surface area contributed by atoms with Crippen molar-refractivity contribution in [2.45, 2.75) is 13.3 Å². The molecule has 0 aliphatic heterocycles. The molecule has 1 aromatic heterocycles. The summed E-state index contributed by atoms with van der Waals surface area (Å²) in [5, 5.41) is 16.4. The van der Waals surface area contributed by atoms with Crippen LogP contribution in [-0.2, 0) is 13.5 Å². The Morgan fingerprint density at radius 1 is 1.42 bits per heavy atom. The molecule has 0 atom stereocenters. The van der Waals surface area contributed by atoms with E-state index in [-0.39, 0.29) is 11.7 Å². The van der Waals surface area contributed by atoms with Gasteiger partial charge >= 0.3 is 0 Å². The number of phenolic OH excluding ortho intramolecular Hbond substituents is 1. The summed E-state index contributed by atoms with van der Waals surface area (Å²) >= 11 is 0. The van der Waals surface area contributed by atoms with Gasteiger partial charge in [0.05, 0.1) is 5.69 Å². The van der Waals surface area contributed by atoms with Gasteiger partial charge in [0.25, 0.3) is 5.91 Å². The lowest BCUT2D eigenvalue weighted by atomic mass is 10.1. The lowest BCUT2D eigenvalue weighted by Gasteiger charge is -2.07. The van der Waals surface area contributed by atoms with Crippen LogP contribution in [0.2, 0.25) is 0 Å². The number of rotatable bonds is 4. The van der Waals surface area contributed by atoms with Crippen LogP contribution in [0.5, 0.6) is 5.75 Å². The van der Waals surface area contributed by atoms with Gasteiger partial charge in [0, 0.05) is 31.8 Å². The molecule has 1 aromatic carbocycles. The van der Waals surface area contributed by atoms with Crippen LogP contribution in [0.3, 0.4) is 0 Å². The molecule has 0 unspecified atom stereocenters. The van der Waals surface area contributed by atoms with Crippen LogP contribution in [0.15, 0.2) is 30.5 Å². The lowest BCUT2D eigenvalue weighted by Crippen LogP contribution is -2.26. The maximum absolute atomic E-state index is 12.0. The van der Waals surface area contributed by atoms with Gasteiger partial charge in [-0.15, -0.1) is 0 Å². The van der Waals surface area contributed by atoms with Crippen molar-refractivity contribution in [3.63, 3.8) is 0 Å². The third-order valence-corrected chi connectivity index (χ3v) is 2.89. The first-order chi connectivity index (χ1) is 9.06. The van der Waals surface area contributed by atoms with Crippen molar-refractivity contribution in [3.8, 4) is 5.75 Å². The molecule has 0 aliphatic rings. The summed E-state index contributed by atoms with van der Waals surface area (Å²) in [6, 6.07) is 6.65. The Balaban J connectivity index is 1.90. The number of nitrogens with one attached hydrogen (secondary N) is 1. The van der Waals surface area contributed by atoms with E-state index in [1.807, 2.05) is 19.3 Å². The second-order valence-electron chi connectivity index (χ2n) is 4.49. The molecule has 0 saturated heterocycles. The molecule has 1 amide bonds. The Kier molecular flexibility index (Phi) is 3.85. The van der Waals surface area contributed by atoms with Crippen LogP contribution >= 0.6 is 0 Å². The van der Waals surface area contributed by atoms with Crippen LogP contribution < -0.4 is 5.32 Å². The van der Waals surface area contributed by atoms with E-state index in [4.69, 9.17) is 0 Å². The second kappa shape index (κ2) is 5.56. The lowest BCUT2D eigenvalue weighted by molar-refractivity contribution is 0.0953. The molecular weight excluding hydrogens is 242 g/mol. The minimum atomic E-state index is -0.131. The summed E-state index contributed by atoms with van der Waals surface area (Å²) < 4.78 is 1.74. The van der Waals surface area contributed by atoms with E-state index < -0.39 is 0 Å². The molecule has 0 saturated carbocycles. The molecule has 1 heterocycles. The highest BCUT2D eigenvalue weighted by molar-refractivity contribution is 5.95. The van der Waals surface area contributed by atoms with E-state index in [1.54, 1.807) is 23.7 Å². The van der Waals surface area contributed by atoms with Crippen LogP contribution in [0.4, 0.5) is 0 Å². The molecule has 2 aromatic rings. The van der Waals surface area contributed by atoms with Gasteiger partial charge in [-0.25, -0.2) is 0 Å². The smallest absolute Gasteiger partial charge is 0.251 e. The predicted octanol–water partition coefficient (Wildman–Crippen LogP) is 1.41. The Morgan fingerprint density at radius 2 is 2.21 bits per heavy atom. The molecule has 5 nitrogen and oxygen atoms in total. The average molecular weight is 259 g/mol. The number of hydrogen-bond donors (Lipinski definition) is 2. The molecular formula is C14H17N3O2. The third-order valence-electron chi connectivity index (χ3n) is 2.89. The number of aromatic hydroxyl groups is 1. The van der Waals surface area contributed by atoms with E-state index in [9.17, 15) is 9.90 Å². The highest BCUT2D eigenvalue weighted by Gasteiger charge is 2.09. The summed E-state index contributed by atoms with van der Waals surface area (Å²) in [6.07, 6.45) is 2.57. The largest absolute Gasteiger partial charge is 0.508 e. The minimum absolute atomic E-state index is 0.131. The monoisotopic (exact) mass is 259 g/mol. The number of benzene rings is 1. The zero-order chi connectivity index (χ0) is 13.8. The fourth-order valence-electron chi connectivity index (χ4n) is 1.90. The Labute approximate surface area is 111 Å². The fourth-order valence-corrected chi connectivity index (χ4v) is 1.90. The first kappa shape index (κ1) is 13.1. The van der Waals surface area contributed by atoms with Gasteiger partial charge in [0.15, 0.2) is 0 Å². The maximum Gasteiger partial charge on any atom is 0.251 e. The van der Waals surface area contributed by atoms with Crippen molar-refractivity contribution in [3.05, 3.63) is 47.3 Å². The fraction of sp³-hybridized carbons (Fsp3) is 0.286. The first-order valence-corrected chi connectivity index (χ1v) is 6.12. The number of nitrogens with zero attached hydrogens (tertiary/aromatic N) is 2. The SMILES string of the molecule is Cc1cc(O)ccc1C(=O)NCCc1ccn(C)n1. The quantitative estimate of drug-likeness (QED) is 0.872. The highest BCUT2D eigenvalue weighted by atomic mass is 16.3. The van der Waals surface area contributed by atoms with Crippen molar-refractivity contribution >= 4 is 5.91 Å². The topological polar surface area (TPSA) is 67.2 Å². The van der Waals surface area contributed by atoms with Gasteiger partial charge in [-0.3, -0.25) is 9.48 Å². The molecule has 0 bridgehead atoms. The number of amides is 1. The van der Waals surface area contributed by atoms with E-state index in [0.717, 1.165) is 11.3 Å². The first-order valence-electron chi connectivity index (χ1n) is 6.12. The molecule has 100 valence electrons. The second-order valence-corrected chi connectivity index (χ2v) is 4.49. The van der Waals surface area contributed by atoms with E-state index in [1.165, 1.54) is 6.07 Å². The Hall–Kier alpha value is -2.30. The summed E-state index contributed by atoms with van der Waals surface area (Å²) in [5.41, 5.74) is 2.29. The third kappa shape index (κ3) is 3.34. The normalized spacial score (nSPS) is 10.4. The van der Waals surface area contributed by atoms with Gasteiger partial charge in [-0.1, -0.05) is 0 Å². The summed E-state index contributed by atoms with van der Waals surface area (Å²) in [5.74, 6) is 0.0379. The number of carbonyl (C=O) groups excluding carboxylic acids is 1. The van der Waals surface area contributed by atoms with Crippen molar-refractivity contribution in [2.75, 3.05) is 6.54 Å². The van der Waals surface area contributed by atoms with Gasteiger partial charge in [-0.2, -0.15) is 5.10 Å². The molecule has 0 fully saturated rings. The van der Waals surface area contributed by atoms with Crippen molar-refractivity contribution in [2.24, 2.45) is 7.05 Å². The van der Waals surface area contributed by atoms with Crippen LogP contribution in [-0.4, -0.2) is 27.3 Å². The maximum atomic E-state index is 12.0. The molecule has 0 spiro atoms. The van der Waals surface area contributed by atoms with Gasteiger partial charge in [0.1, 0.15) is 5.75 Å². The number of hydrogen-bond acceptors (Lipinski definition) is 3. The Bertz CT molecular complexity index is 590. The molecule has 2 rings (SSSR count). The number of carbonyl (C=O) groups is 1. The summed E-state index contributed by atoms with van der Waals surface area (Å²) in [4.78, 5) is 12.0. The molecule has 2 N–H and O–H groups in total. The van der Waals surface area contributed by atoms with Crippen LogP contribution in [0.1, 0.15) is 21.6 Å². The zero-order valence-electron chi connectivity index (χ0n) is 11.1. The molecule has 5 heteroatoms. The van der Waals surface area contributed by atoms with E-state index in [0.29, 0.717) is 18.5 Å². The van der Waals surface area contributed by atoms with Gasteiger partial charge < -0.3 is 10.4 Å². The highest BCUT2D eigenvalue weighted by Crippen LogP contribution is 2.15. The minimum Gasteiger partial charge on any atom is -0.508 e. The van der Waals surface area contributed by atoms with Crippen LogP contribution in [0, 0.1) is 6.92 Å². The predicted molar refractivity (Wildman–Crippen MR) is 72.1 cm³/mol. The van der Waals surface area contributed by atoms with Crippen molar-refractivity contribution < 1.29 is 9.90 Å². The van der Waals surface area contributed by atoms with E-state index in [2.05, 4.69) is 10.4 Å².